The third kappa shape index (κ3) is 5.86. The first-order valence-corrected chi connectivity index (χ1v) is 7.17. The molecule has 0 spiro atoms. The standard InChI is InChI=1S/C15H24N2O2S/c1-12(11-18-3)17(2)8-5-9-19-14-7-4-6-13(10-14)15(16)20/h4,6-7,10,12H,5,8-9,11H2,1-3H3,(H2,16,20). The van der Waals surface area contributed by atoms with Crippen molar-refractivity contribution in [3.63, 3.8) is 0 Å². The highest BCUT2D eigenvalue weighted by Gasteiger charge is 2.08. The van der Waals surface area contributed by atoms with E-state index < -0.39 is 0 Å². The van der Waals surface area contributed by atoms with Crippen LogP contribution in [0.1, 0.15) is 18.9 Å². The van der Waals surface area contributed by atoms with Gasteiger partial charge in [0.1, 0.15) is 10.7 Å². The lowest BCUT2D eigenvalue weighted by molar-refractivity contribution is 0.112. The molecule has 0 bridgehead atoms. The van der Waals surface area contributed by atoms with E-state index in [1.807, 2.05) is 24.3 Å². The zero-order valence-corrected chi connectivity index (χ0v) is 13.3. The number of hydrogen-bond acceptors (Lipinski definition) is 4. The Labute approximate surface area is 126 Å². The van der Waals surface area contributed by atoms with Gasteiger partial charge in [-0.05, 0) is 32.5 Å². The molecule has 0 aliphatic rings. The molecule has 0 aromatic heterocycles. The quantitative estimate of drug-likeness (QED) is 0.558. The van der Waals surface area contributed by atoms with Gasteiger partial charge in [-0.15, -0.1) is 0 Å². The number of nitrogens with zero attached hydrogens (tertiary/aromatic N) is 1. The van der Waals surface area contributed by atoms with Crippen LogP contribution >= 0.6 is 12.2 Å². The van der Waals surface area contributed by atoms with Crippen LogP contribution in [0.2, 0.25) is 0 Å². The van der Waals surface area contributed by atoms with E-state index in [1.54, 1.807) is 7.11 Å². The molecule has 0 aliphatic heterocycles. The first-order valence-electron chi connectivity index (χ1n) is 6.76. The van der Waals surface area contributed by atoms with Gasteiger partial charge in [0.15, 0.2) is 0 Å². The smallest absolute Gasteiger partial charge is 0.119 e. The second-order valence-electron chi connectivity index (χ2n) is 4.88. The fourth-order valence-electron chi connectivity index (χ4n) is 1.83. The van der Waals surface area contributed by atoms with Gasteiger partial charge in [-0.1, -0.05) is 24.4 Å². The Bertz CT molecular complexity index is 426. The minimum absolute atomic E-state index is 0.392. The molecule has 1 unspecified atom stereocenters. The summed E-state index contributed by atoms with van der Waals surface area (Å²) in [6.07, 6.45) is 0.960. The monoisotopic (exact) mass is 296 g/mol. The topological polar surface area (TPSA) is 47.7 Å². The van der Waals surface area contributed by atoms with Crippen LogP contribution in [0.5, 0.6) is 5.75 Å². The largest absolute Gasteiger partial charge is 0.494 e. The lowest BCUT2D eigenvalue weighted by Crippen LogP contribution is -2.34. The van der Waals surface area contributed by atoms with Gasteiger partial charge in [-0.25, -0.2) is 0 Å². The molecule has 1 atom stereocenters. The van der Waals surface area contributed by atoms with Gasteiger partial charge < -0.3 is 20.1 Å². The highest BCUT2D eigenvalue weighted by molar-refractivity contribution is 7.80. The lowest BCUT2D eigenvalue weighted by atomic mass is 10.2. The molecule has 0 heterocycles. The molecule has 2 N–H and O–H groups in total. The highest BCUT2D eigenvalue weighted by Crippen LogP contribution is 2.13. The fraction of sp³-hybridized carbons (Fsp3) is 0.533. The summed E-state index contributed by atoms with van der Waals surface area (Å²) in [6.45, 7) is 4.54. The summed E-state index contributed by atoms with van der Waals surface area (Å²) >= 11 is 4.95. The summed E-state index contributed by atoms with van der Waals surface area (Å²) in [4.78, 5) is 2.65. The van der Waals surface area contributed by atoms with Crippen molar-refractivity contribution in [1.82, 2.24) is 4.90 Å². The SMILES string of the molecule is COCC(C)N(C)CCCOc1cccc(C(N)=S)c1. The highest BCUT2D eigenvalue weighted by atomic mass is 32.1. The Morgan fingerprint density at radius 3 is 2.85 bits per heavy atom. The molecule has 1 aromatic carbocycles. The predicted octanol–water partition coefficient (Wildman–Crippen LogP) is 2.06. The van der Waals surface area contributed by atoms with E-state index in [0.717, 1.165) is 30.9 Å². The molecule has 0 radical (unpaired) electrons. The van der Waals surface area contributed by atoms with Crippen molar-refractivity contribution in [2.75, 3.05) is 33.9 Å². The summed E-state index contributed by atoms with van der Waals surface area (Å²) in [7, 11) is 3.82. The van der Waals surface area contributed by atoms with E-state index in [-0.39, 0.29) is 0 Å². The lowest BCUT2D eigenvalue weighted by Gasteiger charge is -2.23. The summed E-state index contributed by atoms with van der Waals surface area (Å²) < 4.78 is 10.9. The van der Waals surface area contributed by atoms with Crippen molar-refractivity contribution in [3.8, 4) is 5.75 Å². The summed E-state index contributed by atoms with van der Waals surface area (Å²) in [5.41, 5.74) is 6.43. The minimum atomic E-state index is 0.392. The van der Waals surface area contributed by atoms with Gasteiger partial charge in [0.05, 0.1) is 13.2 Å². The molecule has 4 nitrogen and oxygen atoms in total. The Morgan fingerprint density at radius 2 is 2.20 bits per heavy atom. The second kappa shape index (κ2) is 8.89. The molecule has 1 aromatic rings. The Kier molecular flexibility index (Phi) is 7.51. The van der Waals surface area contributed by atoms with Crippen LogP contribution in [0.25, 0.3) is 0 Å². The van der Waals surface area contributed by atoms with E-state index in [2.05, 4.69) is 18.9 Å². The second-order valence-corrected chi connectivity index (χ2v) is 5.32. The minimum Gasteiger partial charge on any atom is -0.494 e. The van der Waals surface area contributed by atoms with Gasteiger partial charge >= 0.3 is 0 Å². The third-order valence-corrected chi connectivity index (χ3v) is 3.44. The predicted molar refractivity (Wildman–Crippen MR) is 86.4 cm³/mol. The molecule has 0 fully saturated rings. The maximum atomic E-state index is 5.71. The van der Waals surface area contributed by atoms with Crippen molar-refractivity contribution in [3.05, 3.63) is 29.8 Å². The molecule has 0 saturated heterocycles. The number of hydrogen-bond donors (Lipinski definition) is 1. The van der Waals surface area contributed by atoms with Gasteiger partial charge in [-0.3, -0.25) is 0 Å². The molecule has 1 rings (SSSR count). The van der Waals surface area contributed by atoms with E-state index in [0.29, 0.717) is 17.6 Å². The maximum Gasteiger partial charge on any atom is 0.119 e. The van der Waals surface area contributed by atoms with Crippen LogP contribution in [0, 0.1) is 0 Å². The average molecular weight is 296 g/mol. The first kappa shape index (κ1) is 16.9. The van der Waals surface area contributed by atoms with Crippen molar-refractivity contribution < 1.29 is 9.47 Å². The van der Waals surface area contributed by atoms with Crippen molar-refractivity contribution >= 4 is 17.2 Å². The van der Waals surface area contributed by atoms with Crippen molar-refractivity contribution in [2.24, 2.45) is 5.73 Å². The number of methoxy groups -OCH3 is 1. The zero-order valence-electron chi connectivity index (χ0n) is 12.5. The third-order valence-electron chi connectivity index (χ3n) is 3.20. The molecule has 5 heteroatoms. The van der Waals surface area contributed by atoms with Gasteiger partial charge in [0.2, 0.25) is 0 Å². The average Bonchev–Trinajstić information content (AvgIpc) is 2.44. The van der Waals surface area contributed by atoms with Crippen LogP contribution in [-0.4, -0.2) is 49.8 Å². The number of rotatable bonds is 9. The Balaban J connectivity index is 2.30. The van der Waals surface area contributed by atoms with Crippen LogP contribution in [0.4, 0.5) is 0 Å². The van der Waals surface area contributed by atoms with Crippen LogP contribution in [-0.2, 0) is 4.74 Å². The molecule has 0 amide bonds. The zero-order chi connectivity index (χ0) is 15.0. The number of likely N-dealkylation sites (N-methyl/N-ethyl adjacent to an activating group) is 1. The van der Waals surface area contributed by atoms with E-state index in [1.165, 1.54) is 0 Å². The summed E-state index contributed by atoms with van der Waals surface area (Å²) in [6, 6.07) is 7.99. The number of nitrogens with two attached hydrogens (primary N) is 1. The van der Waals surface area contributed by atoms with Crippen LogP contribution < -0.4 is 10.5 Å². The van der Waals surface area contributed by atoms with E-state index in [4.69, 9.17) is 27.4 Å². The van der Waals surface area contributed by atoms with Gasteiger partial charge in [0, 0.05) is 25.3 Å². The number of thiocarbonyl (C=S) groups is 1. The van der Waals surface area contributed by atoms with Crippen molar-refractivity contribution in [1.29, 1.82) is 0 Å². The molecule has 0 saturated carbocycles. The molecular weight excluding hydrogens is 272 g/mol. The number of ether oxygens (including phenoxy) is 2. The van der Waals surface area contributed by atoms with Crippen LogP contribution in [0.3, 0.4) is 0 Å². The molecule has 112 valence electrons. The summed E-state index contributed by atoms with van der Waals surface area (Å²) in [5, 5.41) is 0. The molecular formula is C15H24N2O2S. The molecule has 0 aliphatic carbocycles. The first-order chi connectivity index (χ1) is 9.54. The van der Waals surface area contributed by atoms with Crippen molar-refractivity contribution in [2.45, 2.75) is 19.4 Å². The van der Waals surface area contributed by atoms with Gasteiger partial charge in [-0.2, -0.15) is 0 Å². The normalized spacial score (nSPS) is 12.4. The number of benzene rings is 1. The summed E-state index contributed by atoms with van der Waals surface area (Å²) in [5.74, 6) is 0.808. The Morgan fingerprint density at radius 1 is 1.45 bits per heavy atom. The maximum absolute atomic E-state index is 5.71. The fourth-order valence-corrected chi connectivity index (χ4v) is 1.96. The van der Waals surface area contributed by atoms with E-state index in [9.17, 15) is 0 Å². The van der Waals surface area contributed by atoms with E-state index >= 15 is 0 Å². The van der Waals surface area contributed by atoms with Crippen LogP contribution in [0.15, 0.2) is 24.3 Å². The van der Waals surface area contributed by atoms with Gasteiger partial charge in [0.25, 0.3) is 0 Å². The molecule has 20 heavy (non-hydrogen) atoms. The Hall–Kier alpha value is -1.17.